The van der Waals surface area contributed by atoms with E-state index in [9.17, 15) is 0 Å². The number of aromatic nitrogens is 3. The number of nitrogens with zero attached hydrogens (tertiary/aromatic N) is 3. The molecule has 0 amide bonds. The van der Waals surface area contributed by atoms with E-state index in [0.717, 1.165) is 27.6 Å². The summed E-state index contributed by atoms with van der Waals surface area (Å²) in [6.07, 6.45) is 0. The van der Waals surface area contributed by atoms with Crippen LogP contribution in [0.15, 0.2) is 249 Å². The molecule has 67 heavy (non-hydrogen) atoms. The molecule has 0 saturated heterocycles. The van der Waals surface area contributed by atoms with Crippen molar-refractivity contribution in [2.24, 2.45) is 0 Å². The van der Waals surface area contributed by atoms with E-state index in [1.807, 2.05) is 24.3 Å². The minimum absolute atomic E-state index is 0.495. The van der Waals surface area contributed by atoms with Gasteiger partial charge in [0.25, 0.3) is 0 Å². The molecule has 1 aliphatic carbocycles. The zero-order chi connectivity index (χ0) is 44.3. The molecule has 0 unspecified atom stereocenters. The Kier molecular flexibility index (Phi) is 9.07. The van der Waals surface area contributed by atoms with Gasteiger partial charge in [-0.1, -0.05) is 237 Å². The Bertz CT molecular complexity index is 3790. The lowest BCUT2D eigenvalue weighted by Crippen LogP contribution is -2.28. The van der Waals surface area contributed by atoms with E-state index in [1.165, 1.54) is 77.0 Å². The summed E-state index contributed by atoms with van der Waals surface area (Å²) in [5, 5.41) is 7.18. The average molecular weight is 852 g/mol. The fourth-order valence-electron chi connectivity index (χ4n) is 10.8. The van der Waals surface area contributed by atoms with E-state index < -0.39 is 5.41 Å². The average Bonchev–Trinajstić information content (AvgIpc) is 3.72. The monoisotopic (exact) mass is 851 g/mol. The molecule has 1 heterocycles. The van der Waals surface area contributed by atoms with Crippen LogP contribution in [-0.2, 0) is 5.41 Å². The lowest BCUT2D eigenvalue weighted by Gasteiger charge is -2.34. The molecule has 13 rings (SSSR count). The molecule has 3 nitrogen and oxygen atoms in total. The second kappa shape index (κ2) is 15.7. The molecule has 0 aliphatic heterocycles. The first-order chi connectivity index (χ1) is 33.2. The Morgan fingerprint density at radius 2 is 0.672 bits per heavy atom. The third-order valence-corrected chi connectivity index (χ3v) is 13.8. The van der Waals surface area contributed by atoms with Crippen molar-refractivity contribution in [3.63, 3.8) is 0 Å². The number of rotatable bonds is 7. The van der Waals surface area contributed by atoms with Crippen LogP contribution in [-0.4, -0.2) is 15.0 Å². The largest absolute Gasteiger partial charge is 0.208 e. The summed E-state index contributed by atoms with van der Waals surface area (Å²) in [7, 11) is 0. The summed E-state index contributed by atoms with van der Waals surface area (Å²) in [4.78, 5) is 15.4. The Morgan fingerprint density at radius 1 is 0.239 bits per heavy atom. The van der Waals surface area contributed by atoms with E-state index in [-0.39, 0.29) is 0 Å². The summed E-state index contributed by atoms with van der Waals surface area (Å²) in [5.74, 6) is 1.90. The molecule has 3 heteroatoms. The Labute approximate surface area is 389 Å². The highest BCUT2D eigenvalue weighted by Crippen LogP contribution is 2.57. The molecule has 0 spiro atoms. The van der Waals surface area contributed by atoms with Gasteiger partial charge in [0.1, 0.15) is 0 Å². The van der Waals surface area contributed by atoms with Crippen LogP contribution in [0.5, 0.6) is 0 Å². The minimum atomic E-state index is -0.495. The second-order valence-corrected chi connectivity index (χ2v) is 17.4. The van der Waals surface area contributed by atoms with Gasteiger partial charge in [-0.3, -0.25) is 0 Å². The Morgan fingerprint density at radius 3 is 1.34 bits per heavy atom. The summed E-state index contributed by atoms with van der Waals surface area (Å²) in [5.41, 5.74) is 14.7. The lowest BCUT2D eigenvalue weighted by atomic mass is 9.67. The Hall–Kier alpha value is -8.79. The standard InChI is InChI=1S/C64H41N3/c1-5-18-42(19-6-1)43-32-34-45(35-33-43)62-65-61(44-20-7-2-8-21-44)66-63(67-62)47-37-39-56-57(40-47)52-27-14-13-26-51(52)55-30-17-29-50(60(55)56)46-36-38-54-53-28-15-16-31-58(53)64(59(54)41-46,48-22-9-3-10-23-48)49-24-11-4-12-25-49/h1-41H. The molecule has 0 N–H and O–H groups in total. The van der Waals surface area contributed by atoms with Gasteiger partial charge in [0, 0.05) is 16.7 Å². The number of hydrogen-bond donors (Lipinski definition) is 0. The molecule has 0 bridgehead atoms. The van der Waals surface area contributed by atoms with Crippen LogP contribution in [0.2, 0.25) is 0 Å². The number of fused-ring (bicyclic) bond motifs is 9. The predicted octanol–water partition coefficient (Wildman–Crippen LogP) is 16.0. The van der Waals surface area contributed by atoms with Crippen molar-refractivity contribution in [2.45, 2.75) is 5.41 Å². The number of benzene rings is 11. The van der Waals surface area contributed by atoms with Crippen molar-refractivity contribution in [3.05, 3.63) is 271 Å². The minimum Gasteiger partial charge on any atom is -0.208 e. The number of hydrogen-bond acceptors (Lipinski definition) is 3. The van der Waals surface area contributed by atoms with Crippen LogP contribution in [0.4, 0.5) is 0 Å². The van der Waals surface area contributed by atoms with E-state index in [2.05, 4.69) is 224 Å². The van der Waals surface area contributed by atoms with Crippen molar-refractivity contribution >= 4 is 32.3 Å². The van der Waals surface area contributed by atoms with Crippen LogP contribution in [0, 0.1) is 0 Å². The molecule has 0 radical (unpaired) electrons. The summed E-state index contributed by atoms with van der Waals surface area (Å²) in [6.45, 7) is 0. The second-order valence-electron chi connectivity index (χ2n) is 17.4. The Balaban J connectivity index is 1.01. The molecule has 0 fully saturated rings. The van der Waals surface area contributed by atoms with Crippen molar-refractivity contribution in [3.8, 4) is 67.5 Å². The van der Waals surface area contributed by atoms with Crippen LogP contribution in [0.25, 0.3) is 99.9 Å². The maximum absolute atomic E-state index is 5.21. The van der Waals surface area contributed by atoms with Gasteiger partial charge in [-0.2, -0.15) is 0 Å². The van der Waals surface area contributed by atoms with Crippen molar-refractivity contribution in [1.82, 2.24) is 15.0 Å². The van der Waals surface area contributed by atoms with Gasteiger partial charge < -0.3 is 0 Å². The molecule has 1 aliphatic rings. The normalized spacial score (nSPS) is 12.6. The van der Waals surface area contributed by atoms with Gasteiger partial charge in [-0.15, -0.1) is 0 Å². The molecular weight excluding hydrogens is 811 g/mol. The molecular formula is C64H41N3. The smallest absolute Gasteiger partial charge is 0.164 e. The first-order valence-electron chi connectivity index (χ1n) is 22.9. The van der Waals surface area contributed by atoms with Crippen LogP contribution in [0.1, 0.15) is 22.3 Å². The van der Waals surface area contributed by atoms with E-state index in [0.29, 0.717) is 17.5 Å². The van der Waals surface area contributed by atoms with Crippen molar-refractivity contribution in [1.29, 1.82) is 0 Å². The maximum atomic E-state index is 5.21. The summed E-state index contributed by atoms with van der Waals surface area (Å²) in [6, 6.07) is 89.7. The summed E-state index contributed by atoms with van der Waals surface area (Å²) >= 11 is 0. The maximum Gasteiger partial charge on any atom is 0.164 e. The lowest BCUT2D eigenvalue weighted by molar-refractivity contribution is 0.769. The fraction of sp³-hybridized carbons (Fsp3) is 0.0156. The van der Waals surface area contributed by atoms with Crippen LogP contribution >= 0.6 is 0 Å². The zero-order valence-corrected chi connectivity index (χ0v) is 36.5. The third-order valence-electron chi connectivity index (χ3n) is 13.8. The van der Waals surface area contributed by atoms with Gasteiger partial charge in [-0.05, 0) is 100 Å². The predicted molar refractivity (Wildman–Crippen MR) is 277 cm³/mol. The fourth-order valence-corrected chi connectivity index (χ4v) is 10.8. The summed E-state index contributed by atoms with van der Waals surface area (Å²) < 4.78 is 0. The first kappa shape index (κ1) is 38.6. The van der Waals surface area contributed by atoms with E-state index in [1.54, 1.807) is 0 Å². The van der Waals surface area contributed by atoms with Crippen LogP contribution < -0.4 is 0 Å². The van der Waals surface area contributed by atoms with Crippen LogP contribution in [0.3, 0.4) is 0 Å². The molecule has 1 aromatic heterocycles. The SMILES string of the molecule is c1ccc(-c2ccc(-c3nc(-c4ccccc4)nc(-c4ccc5c(c4)c4ccccc4c4cccc(-c6ccc7c(c6)C(c6ccccc6)(c6ccccc6)c6ccccc6-7)c45)n3)cc2)cc1. The van der Waals surface area contributed by atoms with Gasteiger partial charge in [0.15, 0.2) is 17.5 Å². The van der Waals surface area contributed by atoms with E-state index >= 15 is 0 Å². The molecule has 11 aromatic carbocycles. The van der Waals surface area contributed by atoms with Gasteiger partial charge in [0.05, 0.1) is 5.41 Å². The van der Waals surface area contributed by atoms with Crippen molar-refractivity contribution in [2.75, 3.05) is 0 Å². The van der Waals surface area contributed by atoms with Gasteiger partial charge >= 0.3 is 0 Å². The quantitative estimate of drug-likeness (QED) is 0.150. The topological polar surface area (TPSA) is 38.7 Å². The highest BCUT2D eigenvalue weighted by Gasteiger charge is 2.46. The third kappa shape index (κ3) is 6.24. The molecule has 0 atom stereocenters. The molecule has 312 valence electrons. The molecule has 0 saturated carbocycles. The van der Waals surface area contributed by atoms with E-state index in [4.69, 9.17) is 15.0 Å². The van der Waals surface area contributed by atoms with Gasteiger partial charge in [0.2, 0.25) is 0 Å². The van der Waals surface area contributed by atoms with Crippen molar-refractivity contribution < 1.29 is 0 Å². The highest BCUT2D eigenvalue weighted by molar-refractivity contribution is 6.28. The highest BCUT2D eigenvalue weighted by atomic mass is 15.0. The zero-order valence-electron chi connectivity index (χ0n) is 36.5. The van der Waals surface area contributed by atoms with Gasteiger partial charge in [-0.25, -0.2) is 15.0 Å². The molecule has 12 aromatic rings. The first-order valence-corrected chi connectivity index (χ1v) is 22.9.